The highest BCUT2D eigenvalue weighted by Gasteiger charge is 2.11. The fourth-order valence-corrected chi connectivity index (χ4v) is 2.63. The van der Waals surface area contributed by atoms with Crippen LogP contribution in [0, 0.1) is 13.8 Å². The van der Waals surface area contributed by atoms with Crippen molar-refractivity contribution in [2.75, 3.05) is 17.7 Å². The largest absolute Gasteiger partial charge is 0.495 e. The molecule has 0 aliphatic rings. The third-order valence-corrected chi connectivity index (χ3v) is 4.43. The molecule has 6 nitrogen and oxygen atoms in total. The first kappa shape index (κ1) is 18.7. The minimum Gasteiger partial charge on any atom is -0.495 e. The van der Waals surface area contributed by atoms with Gasteiger partial charge in [-0.15, -0.1) is 0 Å². The Morgan fingerprint density at radius 1 is 1.04 bits per heavy atom. The number of nitrogens with zero attached hydrogens (tertiary/aromatic N) is 2. The molecule has 0 unspecified atom stereocenters. The number of para-hydroxylation sites is 1. The zero-order chi connectivity index (χ0) is 19.4. The Kier molecular flexibility index (Phi) is 5.57. The number of anilines is 3. The zero-order valence-electron chi connectivity index (χ0n) is 15.2. The van der Waals surface area contributed by atoms with E-state index in [1.54, 1.807) is 13.2 Å². The number of aryl methyl sites for hydroxylation is 2. The van der Waals surface area contributed by atoms with Crippen LogP contribution in [0.1, 0.15) is 21.6 Å². The van der Waals surface area contributed by atoms with E-state index in [9.17, 15) is 4.79 Å². The highest BCUT2D eigenvalue weighted by atomic mass is 35.5. The van der Waals surface area contributed by atoms with Gasteiger partial charge in [0.25, 0.3) is 5.91 Å². The molecule has 27 heavy (non-hydrogen) atoms. The standard InChI is InChI=1S/C20H19ClN4O2/c1-12-6-4-5-7-15(12)25-20(26)17-10-23-19(11-22-17)24-16-8-13(2)14(21)9-18(16)27-3/h4-11H,1-3H3,(H,23,24)(H,25,26). The fraction of sp³-hybridized carbons (Fsp3) is 0.150. The number of aromatic nitrogens is 2. The third-order valence-electron chi connectivity index (χ3n) is 4.02. The topological polar surface area (TPSA) is 76.1 Å². The van der Waals surface area contributed by atoms with Gasteiger partial charge in [0.15, 0.2) is 0 Å². The average Bonchev–Trinajstić information content (AvgIpc) is 2.67. The Balaban J connectivity index is 1.75. The molecule has 2 N–H and O–H groups in total. The van der Waals surface area contributed by atoms with E-state index in [0.717, 1.165) is 16.8 Å². The third kappa shape index (κ3) is 4.35. The second-order valence-electron chi connectivity index (χ2n) is 5.98. The number of halogens is 1. The quantitative estimate of drug-likeness (QED) is 0.665. The highest BCUT2D eigenvalue weighted by molar-refractivity contribution is 6.31. The summed E-state index contributed by atoms with van der Waals surface area (Å²) in [7, 11) is 1.57. The molecule has 0 spiro atoms. The second-order valence-corrected chi connectivity index (χ2v) is 6.39. The van der Waals surface area contributed by atoms with Crippen LogP contribution in [0.2, 0.25) is 5.02 Å². The molecule has 3 aromatic rings. The Morgan fingerprint density at radius 2 is 1.81 bits per heavy atom. The first-order chi connectivity index (χ1) is 13.0. The van der Waals surface area contributed by atoms with Gasteiger partial charge in [-0.2, -0.15) is 0 Å². The number of benzene rings is 2. The summed E-state index contributed by atoms with van der Waals surface area (Å²) in [4.78, 5) is 20.8. The SMILES string of the molecule is COc1cc(Cl)c(C)cc1Nc1cnc(C(=O)Nc2ccccc2C)cn1. The van der Waals surface area contributed by atoms with Crippen LogP contribution in [-0.4, -0.2) is 23.0 Å². The number of carbonyl (C=O) groups excluding carboxylic acids is 1. The summed E-state index contributed by atoms with van der Waals surface area (Å²) >= 11 is 6.12. The molecular formula is C20H19ClN4O2. The number of rotatable bonds is 5. The Labute approximate surface area is 162 Å². The van der Waals surface area contributed by atoms with Crippen LogP contribution in [0.5, 0.6) is 5.75 Å². The first-order valence-corrected chi connectivity index (χ1v) is 8.66. The van der Waals surface area contributed by atoms with Crippen LogP contribution in [0.25, 0.3) is 0 Å². The molecule has 7 heteroatoms. The van der Waals surface area contributed by atoms with Crippen molar-refractivity contribution >= 4 is 34.7 Å². The van der Waals surface area contributed by atoms with Crippen LogP contribution in [-0.2, 0) is 0 Å². The van der Waals surface area contributed by atoms with E-state index in [2.05, 4.69) is 20.6 Å². The maximum atomic E-state index is 12.3. The van der Waals surface area contributed by atoms with Crippen molar-refractivity contribution in [3.05, 3.63) is 70.6 Å². The van der Waals surface area contributed by atoms with Crippen molar-refractivity contribution in [3.8, 4) is 5.75 Å². The van der Waals surface area contributed by atoms with Gasteiger partial charge in [-0.05, 0) is 37.1 Å². The van der Waals surface area contributed by atoms with Gasteiger partial charge in [0.2, 0.25) is 0 Å². The number of amides is 1. The maximum absolute atomic E-state index is 12.3. The van der Waals surface area contributed by atoms with Crippen LogP contribution in [0.3, 0.4) is 0 Å². The van der Waals surface area contributed by atoms with E-state index < -0.39 is 0 Å². The van der Waals surface area contributed by atoms with E-state index >= 15 is 0 Å². The van der Waals surface area contributed by atoms with Crippen molar-refractivity contribution < 1.29 is 9.53 Å². The van der Waals surface area contributed by atoms with E-state index in [1.807, 2.05) is 44.2 Å². The number of methoxy groups -OCH3 is 1. The predicted molar refractivity (Wildman–Crippen MR) is 107 cm³/mol. The minimum atomic E-state index is -0.316. The summed E-state index contributed by atoms with van der Waals surface area (Å²) in [5.74, 6) is 0.763. The molecule has 0 aliphatic carbocycles. The summed E-state index contributed by atoms with van der Waals surface area (Å²) < 4.78 is 5.33. The van der Waals surface area contributed by atoms with Gasteiger partial charge in [-0.1, -0.05) is 29.8 Å². The van der Waals surface area contributed by atoms with E-state index in [1.165, 1.54) is 12.4 Å². The molecule has 0 radical (unpaired) electrons. The molecule has 0 bridgehead atoms. The van der Waals surface area contributed by atoms with Crippen molar-refractivity contribution in [2.24, 2.45) is 0 Å². The number of nitrogens with one attached hydrogen (secondary N) is 2. The lowest BCUT2D eigenvalue weighted by Crippen LogP contribution is -2.15. The van der Waals surface area contributed by atoms with Gasteiger partial charge < -0.3 is 15.4 Å². The van der Waals surface area contributed by atoms with Crippen molar-refractivity contribution in [1.29, 1.82) is 0 Å². The number of carbonyl (C=O) groups is 1. The van der Waals surface area contributed by atoms with Crippen molar-refractivity contribution in [2.45, 2.75) is 13.8 Å². The zero-order valence-corrected chi connectivity index (χ0v) is 16.0. The first-order valence-electron chi connectivity index (χ1n) is 8.28. The molecular weight excluding hydrogens is 364 g/mol. The molecule has 0 aliphatic heterocycles. The summed E-state index contributed by atoms with van der Waals surface area (Å²) in [5, 5.41) is 6.58. The minimum absolute atomic E-state index is 0.225. The van der Waals surface area contributed by atoms with Gasteiger partial charge in [-0.25, -0.2) is 9.97 Å². The molecule has 0 saturated heterocycles. The normalized spacial score (nSPS) is 10.4. The molecule has 3 rings (SSSR count). The average molecular weight is 383 g/mol. The monoisotopic (exact) mass is 382 g/mol. The van der Waals surface area contributed by atoms with Gasteiger partial charge in [0.05, 0.1) is 25.2 Å². The number of ether oxygens (including phenoxy) is 1. The number of hydrogen-bond acceptors (Lipinski definition) is 5. The summed E-state index contributed by atoms with van der Waals surface area (Å²) in [6.07, 6.45) is 2.92. The molecule has 2 aromatic carbocycles. The maximum Gasteiger partial charge on any atom is 0.275 e. The summed E-state index contributed by atoms with van der Waals surface area (Å²) in [5.41, 5.74) is 3.56. The van der Waals surface area contributed by atoms with E-state index in [0.29, 0.717) is 22.3 Å². The van der Waals surface area contributed by atoms with Crippen molar-refractivity contribution in [1.82, 2.24) is 9.97 Å². The molecule has 0 atom stereocenters. The second kappa shape index (κ2) is 8.05. The van der Waals surface area contributed by atoms with Gasteiger partial charge in [-0.3, -0.25) is 4.79 Å². The molecule has 1 heterocycles. The lowest BCUT2D eigenvalue weighted by molar-refractivity contribution is 0.102. The lowest BCUT2D eigenvalue weighted by Gasteiger charge is -2.12. The molecule has 0 saturated carbocycles. The van der Waals surface area contributed by atoms with Crippen LogP contribution in [0.4, 0.5) is 17.2 Å². The van der Waals surface area contributed by atoms with Crippen LogP contribution < -0.4 is 15.4 Å². The van der Waals surface area contributed by atoms with Crippen LogP contribution >= 0.6 is 11.6 Å². The Morgan fingerprint density at radius 3 is 2.48 bits per heavy atom. The van der Waals surface area contributed by atoms with Gasteiger partial charge in [0.1, 0.15) is 17.3 Å². The van der Waals surface area contributed by atoms with Crippen LogP contribution in [0.15, 0.2) is 48.8 Å². The summed E-state index contributed by atoms with van der Waals surface area (Å²) in [6, 6.07) is 11.1. The van der Waals surface area contributed by atoms with E-state index in [-0.39, 0.29) is 11.6 Å². The predicted octanol–water partition coefficient (Wildman–Crippen LogP) is 4.75. The molecule has 1 amide bonds. The Bertz CT molecular complexity index is 974. The lowest BCUT2D eigenvalue weighted by atomic mass is 10.2. The Hall–Kier alpha value is -3.12. The molecule has 0 fully saturated rings. The van der Waals surface area contributed by atoms with Gasteiger partial charge in [0, 0.05) is 16.8 Å². The number of hydrogen-bond donors (Lipinski definition) is 2. The van der Waals surface area contributed by atoms with Crippen molar-refractivity contribution in [3.63, 3.8) is 0 Å². The smallest absolute Gasteiger partial charge is 0.275 e. The molecule has 138 valence electrons. The van der Waals surface area contributed by atoms with Gasteiger partial charge >= 0.3 is 0 Å². The molecule has 1 aromatic heterocycles. The summed E-state index contributed by atoms with van der Waals surface area (Å²) in [6.45, 7) is 3.83. The highest BCUT2D eigenvalue weighted by Crippen LogP contribution is 2.32. The fourth-order valence-electron chi connectivity index (χ4n) is 2.48. The van der Waals surface area contributed by atoms with E-state index in [4.69, 9.17) is 16.3 Å².